The second-order valence-corrected chi connectivity index (χ2v) is 7.76. The van der Waals surface area contributed by atoms with Crippen molar-refractivity contribution in [3.05, 3.63) is 97.5 Å². The third-order valence-electron chi connectivity index (χ3n) is 4.72. The molecule has 0 radical (unpaired) electrons. The normalized spacial score (nSPS) is 11.1. The van der Waals surface area contributed by atoms with Crippen LogP contribution < -0.4 is 4.90 Å². The number of para-hydroxylation sites is 1. The zero-order chi connectivity index (χ0) is 22.0. The average Bonchev–Trinajstić information content (AvgIpc) is 3.19. The van der Waals surface area contributed by atoms with Gasteiger partial charge in [-0.15, -0.1) is 11.3 Å². The van der Waals surface area contributed by atoms with Crippen LogP contribution in [0.2, 0.25) is 0 Å². The van der Waals surface area contributed by atoms with Crippen molar-refractivity contribution >= 4 is 56.5 Å². The van der Waals surface area contributed by atoms with Gasteiger partial charge in [0.05, 0.1) is 20.1 Å². The van der Waals surface area contributed by atoms with Crippen molar-refractivity contribution in [2.45, 2.75) is 0 Å². The lowest BCUT2D eigenvalue weighted by Gasteiger charge is -2.19. The number of benzene rings is 3. The first kappa shape index (κ1) is 20.2. The quantitative estimate of drug-likeness (QED) is 0.271. The first-order valence-electron chi connectivity index (χ1n) is 9.22. The van der Waals surface area contributed by atoms with E-state index in [0.29, 0.717) is 26.5 Å². The summed E-state index contributed by atoms with van der Waals surface area (Å²) in [6, 6.07) is 19.0. The minimum atomic E-state index is -0.443. The average molecular weight is 432 g/mol. The maximum absolute atomic E-state index is 11.7. The lowest BCUT2D eigenvalue weighted by Crippen LogP contribution is -2.11. The Hall–Kier alpha value is -4.11. The number of anilines is 2. The number of nitro groups is 2. The molecule has 0 amide bonds. The van der Waals surface area contributed by atoms with Gasteiger partial charge in [-0.1, -0.05) is 30.3 Å². The summed E-state index contributed by atoms with van der Waals surface area (Å²) < 4.78 is 0.708. The number of nitrogens with zero attached hydrogens (tertiary/aromatic N) is 4. The van der Waals surface area contributed by atoms with E-state index in [1.165, 1.54) is 29.5 Å². The summed E-state index contributed by atoms with van der Waals surface area (Å²) >= 11 is 1.32. The first-order chi connectivity index (χ1) is 14.9. The summed E-state index contributed by atoms with van der Waals surface area (Å²) in [6.45, 7) is 0. The molecule has 8 nitrogen and oxygen atoms in total. The number of rotatable bonds is 6. The number of nitro benzene ring substituents is 2. The van der Waals surface area contributed by atoms with Gasteiger partial charge in [0.2, 0.25) is 0 Å². The summed E-state index contributed by atoms with van der Waals surface area (Å²) in [5.74, 6) is 0. The van der Waals surface area contributed by atoms with Crippen LogP contribution in [-0.2, 0) is 0 Å². The van der Waals surface area contributed by atoms with Crippen LogP contribution in [0.3, 0.4) is 0 Å². The third-order valence-corrected chi connectivity index (χ3v) is 5.70. The van der Waals surface area contributed by atoms with Gasteiger partial charge in [-0.05, 0) is 35.9 Å². The van der Waals surface area contributed by atoms with Crippen LogP contribution >= 0.6 is 11.3 Å². The zero-order valence-electron chi connectivity index (χ0n) is 16.3. The Kier molecular flexibility index (Phi) is 5.42. The van der Waals surface area contributed by atoms with Crippen LogP contribution in [0, 0.1) is 20.2 Å². The van der Waals surface area contributed by atoms with Crippen LogP contribution in [0.4, 0.5) is 22.7 Å². The molecule has 154 valence electrons. The molecule has 0 aliphatic carbocycles. The van der Waals surface area contributed by atoms with Gasteiger partial charge in [0, 0.05) is 30.9 Å². The summed E-state index contributed by atoms with van der Waals surface area (Å²) in [7, 11) is 1.79. The summed E-state index contributed by atoms with van der Waals surface area (Å²) in [5.41, 5.74) is 2.66. The number of thiazole rings is 1. The third kappa shape index (κ3) is 4.26. The Morgan fingerprint density at radius 2 is 1.71 bits per heavy atom. The van der Waals surface area contributed by atoms with Gasteiger partial charge in [0.25, 0.3) is 11.4 Å². The Balaban J connectivity index is 1.63. The summed E-state index contributed by atoms with van der Waals surface area (Å²) in [5, 5.41) is 23.3. The summed E-state index contributed by atoms with van der Waals surface area (Å²) in [6.07, 6.45) is 3.49. The number of fused-ring (bicyclic) bond motifs is 1. The van der Waals surface area contributed by atoms with Crippen molar-refractivity contribution in [2.24, 2.45) is 0 Å². The van der Waals surface area contributed by atoms with Crippen LogP contribution in [0.15, 0.2) is 66.7 Å². The predicted octanol–water partition coefficient (Wildman–Crippen LogP) is 6.05. The zero-order valence-corrected chi connectivity index (χ0v) is 17.2. The molecule has 0 unspecified atom stereocenters. The fraction of sp³-hybridized carbons (Fsp3) is 0.0455. The molecular weight excluding hydrogens is 416 g/mol. The molecule has 0 aliphatic heterocycles. The SMILES string of the molecule is CN(c1ccccc1)c1ccc(C=Cc2nc3ccc([N+](=O)[O-])cc3s2)cc1[N+](=O)[O-]. The Morgan fingerprint density at radius 3 is 2.42 bits per heavy atom. The van der Waals surface area contributed by atoms with Gasteiger partial charge in [-0.25, -0.2) is 4.98 Å². The summed E-state index contributed by atoms with van der Waals surface area (Å²) in [4.78, 5) is 28.0. The van der Waals surface area contributed by atoms with E-state index in [1.54, 1.807) is 42.3 Å². The van der Waals surface area contributed by atoms with E-state index >= 15 is 0 Å². The van der Waals surface area contributed by atoms with E-state index in [2.05, 4.69) is 4.98 Å². The van der Waals surface area contributed by atoms with Crippen LogP contribution in [-0.4, -0.2) is 21.9 Å². The van der Waals surface area contributed by atoms with E-state index in [9.17, 15) is 20.2 Å². The maximum atomic E-state index is 11.7. The van der Waals surface area contributed by atoms with Crippen molar-refractivity contribution in [1.82, 2.24) is 4.98 Å². The smallest absolute Gasteiger partial charge is 0.293 e. The molecule has 31 heavy (non-hydrogen) atoms. The van der Waals surface area contributed by atoms with Gasteiger partial charge < -0.3 is 4.90 Å². The Bertz CT molecular complexity index is 1320. The van der Waals surface area contributed by atoms with Crippen molar-refractivity contribution in [3.63, 3.8) is 0 Å². The molecule has 4 rings (SSSR count). The van der Waals surface area contributed by atoms with Gasteiger partial charge >= 0.3 is 0 Å². The second kappa shape index (κ2) is 8.33. The highest BCUT2D eigenvalue weighted by molar-refractivity contribution is 7.19. The minimum absolute atomic E-state index is 0.00609. The molecule has 1 heterocycles. The molecule has 9 heteroatoms. The Morgan fingerprint density at radius 1 is 0.935 bits per heavy atom. The number of non-ortho nitro benzene ring substituents is 1. The molecule has 0 spiro atoms. The van der Waals surface area contributed by atoms with Crippen LogP contribution in [0.5, 0.6) is 0 Å². The number of hydrogen-bond acceptors (Lipinski definition) is 7. The molecule has 3 aromatic carbocycles. The second-order valence-electron chi connectivity index (χ2n) is 6.69. The Labute approximate surface area is 181 Å². The lowest BCUT2D eigenvalue weighted by atomic mass is 10.1. The largest absolute Gasteiger partial charge is 0.339 e. The minimum Gasteiger partial charge on any atom is -0.339 e. The molecule has 0 saturated carbocycles. The standard InChI is InChI=1S/C22H16N4O4S/c1-24(16-5-3-2-4-6-16)19-11-7-15(13-20(19)26(29)30)8-12-22-23-18-10-9-17(25(27)28)14-21(18)31-22/h2-14H,1H3. The van der Waals surface area contributed by atoms with E-state index in [4.69, 9.17) is 0 Å². The topological polar surface area (TPSA) is 102 Å². The molecule has 1 aromatic heterocycles. The van der Waals surface area contributed by atoms with E-state index in [0.717, 1.165) is 5.69 Å². The molecule has 0 aliphatic rings. The van der Waals surface area contributed by atoms with Crippen molar-refractivity contribution in [2.75, 3.05) is 11.9 Å². The molecule has 0 N–H and O–H groups in total. The highest BCUT2D eigenvalue weighted by Gasteiger charge is 2.18. The molecular formula is C22H16N4O4S. The van der Waals surface area contributed by atoms with E-state index in [-0.39, 0.29) is 11.4 Å². The molecule has 4 aromatic rings. The first-order valence-corrected chi connectivity index (χ1v) is 10.0. The molecule has 0 atom stereocenters. The fourth-order valence-corrected chi connectivity index (χ4v) is 4.05. The van der Waals surface area contributed by atoms with E-state index < -0.39 is 9.85 Å². The highest BCUT2D eigenvalue weighted by atomic mass is 32.1. The van der Waals surface area contributed by atoms with Crippen molar-refractivity contribution in [3.8, 4) is 0 Å². The monoisotopic (exact) mass is 432 g/mol. The predicted molar refractivity (Wildman–Crippen MR) is 123 cm³/mol. The number of hydrogen-bond donors (Lipinski definition) is 0. The molecule has 0 fully saturated rings. The molecule has 0 bridgehead atoms. The van der Waals surface area contributed by atoms with Crippen molar-refractivity contribution in [1.29, 1.82) is 0 Å². The maximum Gasteiger partial charge on any atom is 0.293 e. The van der Waals surface area contributed by atoms with Gasteiger partial charge in [-0.3, -0.25) is 20.2 Å². The molecule has 0 saturated heterocycles. The number of aromatic nitrogens is 1. The van der Waals surface area contributed by atoms with Gasteiger partial charge in [0.1, 0.15) is 10.7 Å². The van der Waals surface area contributed by atoms with Gasteiger partial charge in [-0.2, -0.15) is 0 Å². The lowest BCUT2D eigenvalue weighted by molar-refractivity contribution is -0.384. The highest BCUT2D eigenvalue weighted by Crippen LogP contribution is 2.34. The van der Waals surface area contributed by atoms with Gasteiger partial charge in [0.15, 0.2) is 0 Å². The van der Waals surface area contributed by atoms with E-state index in [1.807, 2.05) is 30.3 Å². The van der Waals surface area contributed by atoms with Crippen molar-refractivity contribution < 1.29 is 9.85 Å². The fourth-order valence-electron chi connectivity index (χ4n) is 3.15. The van der Waals surface area contributed by atoms with Crippen LogP contribution in [0.1, 0.15) is 10.6 Å². The van der Waals surface area contributed by atoms with Crippen LogP contribution in [0.25, 0.3) is 22.4 Å².